The topological polar surface area (TPSA) is 72.5 Å². The number of esters is 1. The Hall–Kier alpha value is -1.06. The lowest BCUT2D eigenvalue weighted by molar-refractivity contribution is -0.150. The first-order valence-electron chi connectivity index (χ1n) is 5.52. The summed E-state index contributed by atoms with van der Waals surface area (Å²) in [6.45, 7) is 2.05. The molecule has 17 heavy (non-hydrogen) atoms. The summed E-state index contributed by atoms with van der Waals surface area (Å²) in [6.07, 6.45) is 6.01. The molecule has 6 heteroatoms. The Morgan fingerprint density at radius 2 is 2.29 bits per heavy atom. The predicted octanol–water partition coefficient (Wildman–Crippen LogP) is -0.280. The van der Waals surface area contributed by atoms with Crippen LogP contribution >= 0.6 is 0 Å². The third-order valence-corrected chi connectivity index (χ3v) is 4.56. The fraction of sp³-hybridized carbons (Fsp3) is 0.727. The van der Waals surface area contributed by atoms with Crippen molar-refractivity contribution < 1.29 is 17.9 Å². The maximum atomic E-state index is 11.9. The van der Waals surface area contributed by atoms with Crippen molar-refractivity contribution in [2.45, 2.75) is 25.3 Å². The van der Waals surface area contributed by atoms with Crippen molar-refractivity contribution in [3.8, 4) is 12.3 Å². The molecule has 0 amide bonds. The Bertz CT molecular complexity index is 423. The van der Waals surface area contributed by atoms with Crippen LogP contribution in [0.5, 0.6) is 0 Å². The van der Waals surface area contributed by atoms with Gasteiger partial charge in [0, 0.05) is 0 Å². The molecule has 96 valence electrons. The Morgan fingerprint density at radius 3 is 2.82 bits per heavy atom. The van der Waals surface area contributed by atoms with Gasteiger partial charge in [-0.3, -0.25) is 10.1 Å². The molecule has 1 aliphatic heterocycles. The van der Waals surface area contributed by atoms with Crippen LogP contribution in [0.1, 0.15) is 19.8 Å². The van der Waals surface area contributed by atoms with Crippen LogP contribution in [0.3, 0.4) is 0 Å². The molecule has 1 fully saturated rings. The average molecular weight is 259 g/mol. The molecule has 0 aromatic heterocycles. The highest BCUT2D eigenvalue weighted by atomic mass is 32.2. The van der Waals surface area contributed by atoms with Gasteiger partial charge in [0.15, 0.2) is 9.84 Å². The van der Waals surface area contributed by atoms with Crippen LogP contribution in [0.25, 0.3) is 0 Å². The van der Waals surface area contributed by atoms with Gasteiger partial charge in [-0.05, 0) is 19.8 Å². The summed E-state index contributed by atoms with van der Waals surface area (Å²) >= 11 is 0. The molecular weight excluding hydrogens is 242 g/mol. The summed E-state index contributed by atoms with van der Waals surface area (Å²) < 4.78 is 28.2. The monoisotopic (exact) mass is 259 g/mol. The summed E-state index contributed by atoms with van der Waals surface area (Å²) in [5, 5.41) is 2.84. The van der Waals surface area contributed by atoms with E-state index in [4.69, 9.17) is 11.2 Å². The van der Waals surface area contributed by atoms with Crippen molar-refractivity contribution in [2.75, 3.05) is 24.7 Å². The van der Waals surface area contributed by atoms with Crippen molar-refractivity contribution in [1.29, 1.82) is 0 Å². The largest absolute Gasteiger partial charge is 0.465 e. The average Bonchev–Trinajstić information content (AvgIpc) is 2.25. The van der Waals surface area contributed by atoms with Crippen molar-refractivity contribution >= 4 is 15.8 Å². The highest BCUT2D eigenvalue weighted by Crippen LogP contribution is 2.24. The van der Waals surface area contributed by atoms with Gasteiger partial charge < -0.3 is 4.74 Å². The second kappa shape index (κ2) is 5.52. The summed E-state index contributed by atoms with van der Waals surface area (Å²) in [6, 6.07) is 0. The van der Waals surface area contributed by atoms with E-state index in [0.717, 1.165) is 0 Å². The molecule has 1 atom stereocenters. The number of ether oxygens (including phenoxy) is 1. The number of hydrogen-bond donors (Lipinski definition) is 1. The van der Waals surface area contributed by atoms with Gasteiger partial charge in [0.05, 0.1) is 24.7 Å². The molecule has 0 spiro atoms. The number of hydrogen-bond acceptors (Lipinski definition) is 5. The van der Waals surface area contributed by atoms with Crippen LogP contribution in [-0.2, 0) is 19.4 Å². The maximum absolute atomic E-state index is 11.9. The van der Waals surface area contributed by atoms with Crippen molar-refractivity contribution in [3.05, 3.63) is 0 Å². The fourth-order valence-corrected chi connectivity index (χ4v) is 3.82. The SMILES string of the molecule is C#CCNC1(C(=O)OCC)CCCS(=O)(=O)C1. The predicted molar refractivity (Wildman–Crippen MR) is 64.1 cm³/mol. The zero-order valence-electron chi connectivity index (χ0n) is 9.86. The zero-order chi connectivity index (χ0) is 12.9. The van der Waals surface area contributed by atoms with E-state index in [-0.39, 0.29) is 24.7 Å². The number of rotatable bonds is 4. The van der Waals surface area contributed by atoms with Crippen LogP contribution in [-0.4, -0.2) is 44.6 Å². The van der Waals surface area contributed by atoms with Crippen molar-refractivity contribution in [3.63, 3.8) is 0 Å². The second-order valence-corrected chi connectivity index (χ2v) is 6.24. The van der Waals surface area contributed by atoms with E-state index in [0.29, 0.717) is 12.8 Å². The first kappa shape index (κ1) is 14.0. The standard InChI is InChI=1S/C11H17NO4S/c1-3-7-12-11(10(13)16-4-2)6-5-8-17(14,15)9-11/h1,12H,4-9H2,2H3. The number of carbonyl (C=O) groups is 1. The molecule has 0 bridgehead atoms. The Labute approximate surface area is 102 Å². The van der Waals surface area contributed by atoms with Crippen molar-refractivity contribution in [2.24, 2.45) is 0 Å². The van der Waals surface area contributed by atoms with E-state index in [2.05, 4.69) is 11.2 Å². The number of terminal acetylenes is 1. The molecule has 1 unspecified atom stereocenters. The number of carbonyl (C=O) groups excluding carboxylic acids is 1. The van der Waals surface area contributed by atoms with Gasteiger partial charge in [-0.25, -0.2) is 8.42 Å². The van der Waals surface area contributed by atoms with Crippen molar-refractivity contribution in [1.82, 2.24) is 5.32 Å². The van der Waals surface area contributed by atoms with Crippen LogP contribution in [0.2, 0.25) is 0 Å². The second-order valence-electron chi connectivity index (χ2n) is 4.06. The van der Waals surface area contributed by atoms with E-state index in [1.165, 1.54) is 0 Å². The van der Waals surface area contributed by atoms with Gasteiger partial charge in [0.25, 0.3) is 0 Å². The highest BCUT2D eigenvalue weighted by Gasteiger charge is 2.45. The third-order valence-electron chi connectivity index (χ3n) is 2.72. The number of nitrogens with one attached hydrogen (secondary N) is 1. The van der Waals surface area contributed by atoms with E-state index in [1.54, 1.807) is 6.92 Å². The maximum Gasteiger partial charge on any atom is 0.327 e. The van der Waals surface area contributed by atoms with Crippen LogP contribution in [0, 0.1) is 12.3 Å². The van der Waals surface area contributed by atoms with E-state index >= 15 is 0 Å². The molecule has 5 nitrogen and oxygen atoms in total. The molecule has 0 radical (unpaired) electrons. The van der Waals surface area contributed by atoms with Crippen LogP contribution in [0.4, 0.5) is 0 Å². The van der Waals surface area contributed by atoms with E-state index in [1.807, 2.05) is 0 Å². The van der Waals surface area contributed by atoms with E-state index in [9.17, 15) is 13.2 Å². The van der Waals surface area contributed by atoms with Gasteiger partial charge in [-0.15, -0.1) is 6.42 Å². The molecule has 1 saturated heterocycles. The lowest BCUT2D eigenvalue weighted by Gasteiger charge is -2.34. The minimum Gasteiger partial charge on any atom is -0.465 e. The van der Waals surface area contributed by atoms with Gasteiger partial charge >= 0.3 is 5.97 Å². The molecule has 0 aromatic rings. The first-order valence-corrected chi connectivity index (χ1v) is 7.34. The summed E-state index contributed by atoms with van der Waals surface area (Å²) in [4.78, 5) is 11.9. The first-order chi connectivity index (χ1) is 7.96. The van der Waals surface area contributed by atoms with Gasteiger partial charge in [0.2, 0.25) is 0 Å². The lowest BCUT2D eigenvalue weighted by atomic mass is 9.95. The minimum atomic E-state index is -3.22. The molecule has 0 aliphatic carbocycles. The molecule has 0 saturated carbocycles. The Kier molecular flexibility index (Phi) is 4.54. The lowest BCUT2D eigenvalue weighted by Crippen LogP contribution is -2.59. The Morgan fingerprint density at radius 1 is 1.59 bits per heavy atom. The van der Waals surface area contributed by atoms with Crippen LogP contribution in [0.15, 0.2) is 0 Å². The van der Waals surface area contributed by atoms with Gasteiger partial charge in [0.1, 0.15) is 5.54 Å². The summed E-state index contributed by atoms with van der Waals surface area (Å²) in [5.41, 5.74) is -1.17. The van der Waals surface area contributed by atoms with Gasteiger partial charge in [-0.1, -0.05) is 5.92 Å². The molecule has 0 aromatic carbocycles. The zero-order valence-corrected chi connectivity index (χ0v) is 10.7. The van der Waals surface area contributed by atoms with Crippen LogP contribution < -0.4 is 5.32 Å². The summed E-state index contributed by atoms with van der Waals surface area (Å²) in [7, 11) is -3.22. The smallest absolute Gasteiger partial charge is 0.327 e. The quantitative estimate of drug-likeness (QED) is 0.555. The summed E-state index contributed by atoms with van der Waals surface area (Å²) in [5.74, 6) is 1.70. The molecule has 1 aliphatic rings. The highest BCUT2D eigenvalue weighted by molar-refractivity contribution is 7.91. The minimum absolute atomic E-state index is 0.117. The molecule has 1 rings (SSSR count). The molecule has 1 N–H and O–H groups in total. The number of sulfone groups is 1. The molecular formula is C11H17NO4S. The fourth-order valence-electron chi connectivity index (χ4n) is 1.98. The normalized spacial score (nSPS) is 27.1. The Balaban J connectivity index is 2.93. The van der Waals surface area contributed by atoms with E-state index < -0.39 is 21.3 Å². The molecule has 1 heterocycles. The van der Waals surface area contributed by atoms with Gasteiger partial charge in [-0.2, -0.15) is 0 Å². The third kappa shape index (κ3) is 3.45.